The van der Waals surface area contributed by atoms with Crippen LogP contribution in [0.15, 0.2) is 61.2 Å². The topological polar surface area (TPSA) is 83.5 Å². The summed E-state index contributed by atoms with van der Waals surface area (Å²) in [6.07, 6.45) is 6.29. The molecule has 2 aromatic rings. The van der Waals surface area contributed by atoms with Crippen molar-refractivity contribution in [3.05, 3.63) is 77.9 Å². The molecule has 4 atom stereocenters. The van der Waals surface area contributed by atoms with Crippen LogP contribution in [0.4, 0.5) is 10.5 Å². The number of carbonyl (C=O) groups is 1. The van der Waals surface area contributed by atoms with Crippen LogP contribution in [0, 0.1) is 0 Å². The number of hydrogen-bond acceptors (Lipinski definition) is 7. The molecule has 0 bridgehead atoms. The van der Waals surface area contributed by atoms with E-state index in [0.29, 0.717) is 11.7 Å². The van der Waals surface area contributed by atoms with E-state index in [1.165, 1.54) is 44.8 Å². The Labute approximate surface area is 231 Å². The third kappa shape index (κ3) is 7.47. The summed E-state index contributed by atoms with van der Waals surface area (Å²) in [5.74, 6) is 0. The van der Waals surface area contributed by atoms with E-state index in [1.807, 2.05) is 48.5 Å². The lowest BCUT2D eigenvalue weighted by atomic mass is 9.99. The lowest BCUT2D eigenvalue weighted by molar-refractivity contribution is -0.253. The van der Waals surface area contributed by atoms with Crippen LogP contribution >= 0.6 is 0 Å². The summed E-state index contributed by atoms with van der Waals surface area (Å²) in [6, 6.07) is 16.1. The summed E-state index contributed by atoms with van der Waals surface area (Å²) in [6.45, 7) is 9.34. The van der Waals surface area contributed by atoms with Gasteiger partial charge in [0.1, 0.15) is 6.61 Å². The molecule has 0 aromatic heterocycles. The number of aliphatic hydroxyl groups is 1. The monoisotopic (exact) mass is 535 g/mol. The Bertz CT molecular complexity index is 1070. The molecule has 3 aliphatic heterocycles. The lowest BCUT2D eigenvalue weighted by Gasteiger charge is -2.39. The number of hydrogen-bond donors (Lipinski definition) is 2. The minimum absolute atomic E-state index is 0.0229. The normalized spacial score (nSPS) is 26.0. The van der Waals surface area contributed by atoms with Crippen molar-refractivity contribution in [2.75, 3.05) is 44.6 Å². The van der Waals surface area contributed by atoms with Gasteiger partial charge in [-0.2, -0.15) is 0 Å². The molecule has 8 nitrogen and oxygen atoms in total. The molecule has 5 rings (SSSR count). The van der Waals surface area contributed by atoms with Crippen LogP contribution in [-0.2, 0) is 20.8 Å². The predicted octanol–water partition coefficient (Wildman–Crippen LogP) is 5.02. The average Bonchev–Trinajstić information content (AvgIpc) is 3.65. The quantitative estimate of drug-likeness (QED) is 0.414. The van der Waals surface area contributed by atoms with Gasteiger partial charge in [0.2, 0.25) is 0 Å². The molecule has 0 aliphatic carbocycles. The maximum atomic E-state index is 11.9. The fourth-order valence-corrected chi connectivity index (χ4v) is 5.91. The largest absolute Gasteiger partial charge is 0.445 e. The summed E-state index contributed by atoms with van der Waals surface area (Å²) in [4.78, 5) is 17.1. The average molecular weight is 536 g/mol. The molecule has 2 N–H and O–H groups in total. The van der Waals surface area contributed by atoms with Gasteiger partial charge in [0, 0.05) is 36.8 Å². The Morgan fingerprint density at radius 1 is 1.00 bits per heavy atom. The van der Waals surface area contributed by atoms with Gasteiger partial charge in [0.05, 0.1) is 18.8 Å². The minimum Gasteiger partial charge on any atom is -0.445 e. The molecule has 210 valence electrons. The van der Waals surface area contributed by atoms with E-state index in [9.17, 15) is 9.90 Å². The van der Waals surface area contributed by atoms with Gasteiger partial charge >= 0.3 is 6.09 Å². The van der Waals surface area contributed by atoms with E-state index in [2.05, 4.69) is 21.7 Å². The highest BCUT2D eigenvalue weighted by Gasteiger charge is 2.36. The van der Waals surface area contributed by atoms with Crippen LogP contribution in [-0.4, -0.2) is 72.5 Å². The summed E-state index contributed by atoms with van der Waals surface area (Å²) < 4.78 is 18.1. The molecule has 3 heterocycles. The first kappa shape index (κ1) is 27.8. The molecule has 0 radical (unpaired) electrons. The molecule has 3 aliphatic rings. The van der Waals surface area contributed by atoms with Crippen molar-refractivity contribution < 1.29 is 24.1 Å². The molecule has 8 heteroatoms. The van der Waals surface area contributed by atoms with Crippen molar-refractivity contribution in [2.45, 2.75) is 63.3 Å². The van der Waals surface area contributed by atoms with Crippen LogP contribution in [0.3, 0.4) is 0 Å². The fraction of sp³-hybridized carbons (Fsp3) is 0.516. The number of carbonyl (C=O) groups excluding carboxylic acids is 1. The second kappa shape index (κ2) is 13.5. The Morgan fingerprint density at radius 2 is 1.74 bits per heavy atom. The third-order valence-electron chi connectivity index (χ3n) is 7.98. The molecule has 39 heavy (non-hydrogen) atoms. The highest BCUT2D eigenvalue weighted by atomic mass is 16.7. The van der Waals surface area contributed by atoms with Gasteiger partial charge in [0.25, 0.3) is 0 Å². The van der Waals surface area contributed by atoms with Crippen LogP contribution in [0.5, 0.6) is 0 Å². The molecule has 3 fully saturated rings. The summed E-state index contributed by atoms with van der Waals surface area (Å²) in [5.41, 5.74) is 3.51. The number of nitrogens with one attached hydrogen (secondary N) is 1. The zero-order valence-electron chi connectivity index (χ0n) is 22.7. The van der Waals surface area contributed by atoms with E-state index in [4.69, 9.17) is 14.2 Å². The molecular formula is C31H41N3O5. The van der Waals surface area contributed by atoms with Crippen LogP contribution in [0.1, 0.15) is 61.2 Å². The van der Waals surface area contributed by atoms with Crippen molar-refractivity contribution in [1.29, 1.82) is 0 Å². The zero-order chi connectivity index (χ0) is 27.0. The van der Waals surface area contributed by atoms with Gasteiger partial charge in [-0.05, 0) is 68.6 Å². The Hall–Kier alpha value is -2.75. The smallest absolute Gasteiger partial charge is 0.411 e. The second-order valence-electron chi connectivity index (χ2n) is 10.8. The number of likely N-dealkylation sites (tertiary alicyclic amines) is 2. The van der Waals surface area contributed by atoms with Gasteiger partial charge < -0.3 is 24.2 Å². The number of anilines is 1. The van der Waals surface area contributed by atoms with Crippen LogP contribution < -0.4 is 5.32 Å². The van der Waals surface area contributed by atoms with E-state index >= 15 is 0 Å². The number of nitrogens with zero attached hydrogens (tertiary/aromatic N) is 2. The molecular weight excluding hydrogens is 494 g/mol. The first-order valence-corrected chi connectivity index (χ1v) is 14.2. The molecule has 0 spiro atoms. The summed E-state index contributed by atoms with van der Waals surface area (Å²) in [7, 11) is 0. The Morgan fingerprint density at radius 3 is 2.46 bits per heavy atom. The highest BCUT2D eigenvalue weighted by molar-refractivity contribution is 5.84. The van der Waals surface area contributed by atoms with E-state index in [-0.39, 0.29) is 25.4 Å². The van der Waals surface area contributed by atoms with Crippen molar-refractivity contribution in [3.63, 3.8) is 0 Å². The SMILES string of the molecule is C=CCOC(=O)Nc1ccc([C@@H]2O[C@H](CN3CCC[C@H]3CN3CCCC3)C[C@H](c3ccc(CO)cc3)O2)cc1. The van der Waals surface area contributed by atoms with Gasteiger partial charge in [0.15, 0.2) is 6.29 Å². The summed E-state index contributed by atoms with van der Waals surface area (Å²) >= 11 is 0. The van der Waals surface area contributed by atoms with Crippen molar-refractivity contribution in [2.24, 2.45) is 0 Å². The number of aliphatic hydroxyl groups excluding tert-OH is 1. The number of ether oxygens (including phenoxy) is 3. The number of rotatable bonds is 10. The van der Waals surface area contributed by atoms with Crippen molar-refractivity contribution >= 4 is 11.8 Å². The molecule has 2 aromatic carbocycles. The first-order chi connectivity index (χ1) is 19.1. The van der Waals surface area contributed by atoms with Gasteiger partial charge in [-0.15, -0.1) is 0 Å². The van der Waals surface area contributed by atoms with E-state index in [0.717, 1.165) is 42.7 Å². The maximum Gasteiger partial charge on any atom is 0.411 e. The predicted molar refractivity (Wildman–Crippen MR) is 150 cm³/mol. The second-order valence-corrected chi connectivity index (χ2v) is 10.8. The molecule has 1 amide bonds. The van der Waals surface area contributed by atoms with Gasteiger partial charge in [-0.25, -0.2) is 4.79 Å². The first-order valence-electron chi connectivity index (χ1n) is 14.2. The Balaban J connectivity index is 1.29. The third-order valence-corrected chi connectivity index (χ3v) is 7.98. The van der Waals surface area contributed by atoms with E-state index < -0.39 is 12.4 Å². The van der Waals surface area contributed by atoms with Gasteiger partial charge in [-0.1, -0.05) is 49.1 Å². The van der Waals surface area contributed by atoms with Crippen molar-refractivity contribution in [3.8, 4) is 0 Å². The van der Waals surface area contributed by atoms with Gasteiger partial charge in [-0.3, -0.25) is 10.2 Å². The van der Waals surface area contributed by atoms with Crippen LogP contribution in [0.2, 0.25) is 0 Å². The van der Waals surface area contributed by atoms with E-state index in [1.54, 1.807) is 0 Å². The van der Waals surface area contributed by atoms with Crippen molar-refractivity contribution in [1.82, 2.24) is 9.80 Å². The molecule has 0 saturated carbocycles. The fourth-order valence-electron chi connectivity index (χ4n) is 5.91. The molecule has 3 saturated heterocycles. The molecule has 0 unspecified atom stereocenters. The highest BCUT2D eigenvalue weighted by Crippen LogP contribution is 2.39. The minimum atomic E-state index is -0.521. The zero-order valence-corrected chi connectivity index (χ0v) is 22.7. The lowest BCUT2D eigenvalue weighted by Crippen LogP contribution is -2.45. The summed E-state index contributed by atoms with van der Waals surface area (Å²) in [5, 5.41) is 12.2. The number of amides is 1. The van der Waals surface area contributed by atoms with Crippen LogP contribution in [0.25, 0.3) is 0 Å². The maximum absolute atomic E-state index is 11.9. The Kier molecular flexibility index (Phi) is 9.66. The number of benzene rings is 2. The standard InChI is InChI=1S/C31H41N3O5/c1-2-18-37-31(36)32-26-13-11-25(12-14-26)30-38-28(19-29(39-30)24-9-7-23(22-35)8-10-24)21-34-17-5-6-27(34)20-33-15-3-4-16-33/h2,7-14,27-30,35H,1,3-6,15-22H2,(H,32,36)/t27-,28-,29+,30+/m0/s1.